The second-order valence-electron chi connectivity index (χ2n) is 3.03. The second-order valence-corrected chi connectivity index (χ2v) is 3.03. The molecule has 0 fully saturated rings. The average molecular weight is 165 g/mol. The summed E-state index contributed by atoms with van der Waals surface area (Å²) in [5.41, 5.74) is 7.54. The van der Waals surface area contributed by atoms with Crippen molar-refractivity contribution in [2.45, 2.75) is 13.4 Å². The van der Waals surface area contributed by atoms with Crippen LogP contribution in [0.1, 0.15) is 5.56 Å². The van der Waals surface area contributed by atoms with Crippen LogP contribution in [0, 0.1) is 5.82 Å². The van der Waals surface area contributed by atoms with Crippen LogP contribution in [0.5, 0.6) is 0 Å². The van der Waals surface area contributed by atoms with E-state index in [-0.39, 0.29) is 18.4 Å². The first kappa shape index (κ1) is 7.62. The second kappa shape index (κ2) is 2.49. The van der Waals surface area contributed by atoms with Crippen LogP contribution in [0.25, 0.3) is 0 Å². The first-order valence-electron chi connectivity index (χ1n) is 3.88. The largest absolute Gasteiger partial charge is 0.427 e. The minimum Gasteiger partial charge on any atom is -0.427 e. The van der Waals surface area contributed by atoms with Gasteiger partial charge >= 0.3 is 6.92 Å². The van der Waals surface area contributed by atoms with E-state index < -0.39 is 0 Å². The Kier molecular flexibility index (Phi) is 1.58. The molecule has 0 spiro atoms. The van der Waals surface area contributed by atoms with E-state index in [0.29, 0.717) is 6.61 Å². The van der Waals surface area contributed by atoms with Gasteiger partial charge in [-0.25, -0.2) is 4.39 Å². The number of hydrogen-bond donors (Lipinski definition) is 1. The highest BCUT2D eigenvalue weighted by Gasteiger charge is 2.24. The van der Waals surface area contributed by atoms with Crippen molar-refractivity contribution in [3.05, 3.63) is 23.5 Å². The molecule has 0 amide bonds. The highest BCUT2D eigenvalue weighted by molar-refractivity contribution is 6.67. The number of anilines is 1. The van der Waals surface area contributed by atoms with Gasteiger partial charge in [-0.15, -0.1) is 0 Å². The lowest BCUT2D eigenvalue weighted by Gasteiger charge is -2.01. The fourth-order valence-corrected chi connectivity index (χ4v) is 1.46. The summed E-state index contributed by atoms with van der Waals surface area (Å²) in [6, 6.07) is 3.11. The molecule has 1 aliphatic heterocycles. The van der Waals surface area contributed by atoms with E-state index in [1.165, 1.54) is 6.07 Å². The topological polar surface area (TPSA) is 35.2 Å². The number of benzene rings is 1. The van der Waals surface area contributed by atoms with E-state index in [4.69, 9.17) is 10.4 Å². The van der Waals surface area contributed by atoms with Crippen molar-refractivity contribution in [2.24, 2.45) is 0 Å². The Morgan fingerprint density at radius 1 is 1.58 bits per heavy atom. The normalized spacial score (nSPS) is 15.0. The van der Waals surface area contributed by atoms with Crippen molar-refractivity contribution >= 4 is 18.1 Å². The highest BCUT2D eigenvalue weighted by Crippen LogP contribution is 2.16. The third kappa shape index (κ3) is 0.993. The predicted octanol–water partition coefficient (Wildman–Crippen LogP) is 0.766. The maximum atomic E-state index is 12.9. The highest BCUT2D eigenvalue weighted by atomic mass is 19.1. The van der Waals surface area contributed by atoms with Crippen LogP contribution in [-0.4, -0.2) is 6.92 Å². The molecule has 1 aliphatic rings. The number of fused-ring (bicyclic) bond motifs is 1. The molecule has 62 valence electrons. The molecule has 0 saturated carbocycles. The van der Waals surface area contributed by atoms with Crippen LogP contribution >= 0.6 is 0 Å². The molecule has 0 aromatic heterocycles. The van der Waals surface area contributed by atoms with Crippen LogP contribution in [0.3, 0.4) is 0 Å². The van der Waals surface area contributed by atoms with Gasteiger partial charge in [-0.1, -0.05) is 6.82 Å². The molecular weight excluding hydrogens is 156 g/mol. The van der Waals surface area contributed by atoms with Crippen LogP contribution in [0.4, 0.5) is 10.1 Å². The summed E-state index contributed by atoms with van der Waals surface area (Å²) in [4.78, 5) is 0. The molecule has 2 N–H and O–H groups in total. The summed E-state index contributed by atoms with van der Waals surface area (Å²) in [6.45, 7) is 2.47. The molecule has 1 aromatic carbocycles. The Morgan fingerprint density at radius 3 is 3.08 bits per heavy atom. The summed E-state index contributed by atoms with van der Waals surface area (Å²) < 4.78 is 18.2. The minimum absolute atomic E-state index is 0.0444. The number of nitrogens with two attached hydrogens (primary N) is 1. The van der Waals surface area contributed by atoms with E-state index in [2.05, 4.69) is 0 Å². The van der Waals surface area contributed by atoms with Crippen LogP contribution in [0.15, 0.2) is 12.1 Å². The molecule has 0 saturated heterocycles. The van der Waals surface area contributed by atoms with Gasteiger partial charge in [0.2, 0.25) is 0 Å². The molecule has 2 rings (SSSR count). The van der Waals surface area contributed by atoms with Crippen LogP contribution < -0.4 is 11.2 Å². The molecule has 1 aromatic rings. The zero-order chi connectivity index (χ0) is 8.72. The smallest absolute Gasteiger partial charge is 0.324 e. The van der Waals surface area contributed by atoms with E-state index in [9.17, 15) is 4.39 Å². The monoisotopic (exact) mass is 165 g/mol. The van der Waals surface area contributed by atoms with Gasteiger partial charge in [-0.05, 0) is 23.2 Å². The Labute approximate surface area is 70.6 Å². The molecule has 0 atom stereocenters. The van der Waals surface area contributed by atoms with E-state index in [1.54, 1.807) is 6.07 Å². The quantitative estimate of drug-likeness (QED) is 0.455. The lowest BCUT2D eigenvalue weighted by Crippen LogP contribution is -2.24. The zero-order valence-corrected chi connectivity index (χ0v) is 6.80. The molecule has 1 heterocycles. The van der Waals surface area contributed by atoms with Crippen molar-refractivity contribution in [3.63, 3.8) is 0 Å². The molecular formula is C8H9BFNO. The van der Waals surface area contributed by atoms with E-state index >= 15 is 0 Å². The Bertz CT molecular complexity index is 329. The van der Waals surface area contributed by atoms with Gasteiger partial charge in [0.25, 0.3) is 0 Å². The van der Waals surface area contributed by atoms with Crippen molar-refractivity contribution in [1.82, 2.24) is 0 Å². The third-order valence-corrected chi connectivity index (χ3v) is 2.19. The number of hydrogen-bond acceptors (Lipinski definition) is 2. The molecule has 0 aliphatic carbocycles. The number of rotatable bonds is 0. The standard InChI is InChI=1S/C8H9BFNO/c1-9-6-3-8(11)7(10)2-5(6)4-12-9/h2-3H,4,11H2,1H3. The first-order chi connectivity index (χ1) is 5.68. The SMILES string of the molecule is CB1OCc2cc(F)c(N)cc21. The van der Waals surface area contributed by atoms with Gasteiger partial charge < -0.3 is 10.4 Å². The summed E-state index contributed by atoms with van der Waals surface area (Å²) in [7, 11) is 0. The third-order valence-electron chi connectivity index (χ3n) is 2.19. The van der Waals surface area contributed by atoms with E-state index in [0.717, 1.165) is 11.0 Å². The Balaban J connectivity index is 2.56. The fraction of sp³-hybridized carbons (Fsp3) is 0.250. The van der Waals surface area contributed by atoms with E-state index in [1.807, 2.05) is 6.82 Å². The zero-order valence-electron chi connectivity index (χ0n) is 6.80. The van der Waals surface area contributed by atoms with Gasteiger partial charge in [0.15, 0.2) is 0 Å². The van der Waals surface area contributed by atoms with Gasteiger partial charge in [0.05, 0.1) is 12.3 Å². The molecule has 4 heteroatoms. The van der Waals surface area contributed by atoms with Crippen molar-refractivity contribution < 1.29 is 9.04 Å². The van der Waals surface area contributed by atoms with Crippen LogP contribution in [-0.2, 0) is 11.3 Å². The summed E-state index contributed by atoms with van der Waals surface area (Å²) in [6.07, 6.45) is 0. The van der Waals surface area contributed by atoms with Crippen LogP contribution in [0.2, 0.25) is 6.82 Å². The Morgan fingerprint density at radius 2 is 2.33 bits per heavy atom. The van der Waals surface area contributed by atoms with Crippen molar-refractivity contribution in [2.75, 3.05) is 5.73 Å². The van der Waals surface area contributed by atoms with Gasteiger partial charge in [-0.2, -0.15) is 0 Å². The van der Waals surface area contributed by atoms with Crippen molar-refractivity contribution in [3.8, 4) is 0 Å². The predicted molar refractivity (Wildman–Crippen MR) is 46.9 cm³/mol. The van der Waals surface area contributed by atoms with Gasteiger partial charge in [0, 0.05) is 0 Å². The van der Waals surface area contributed by atoms with Crippen molar-refractivity contribution in [1.29, 1.82) is 0 Å². The molecule has 0 radical (unpaired) electrons. The molecule has 0 unspecified atom stereocenters. The molecule has 2 nitrogen and oxygen atoms in total. The average Bonchev–Trinajstić information content (AvgIpc) is 2.35. The lowest BCUT2D eigenvalue weighted by atomic mass is 9.64. The summed E-state index contributed by atoms with van der Waals surface area (Å²) >= 11 is 0. The maximum absolute atomic E-state index is 12.9. The molecule has 12 heavy (non-hydrogen) atoms. The lowest BCUT2D eigenvalue weighted by molar-refractivity contribution is 0.333. The number of nitrogen functional groups attached to an aromatic ring is 1. The fourth-order valence-electron chi connectivity index (χ4n) is 1.46. The molecule has 0 bridgehead atoms. The summed E-state index contributed by atoms with van der Waals surface area (Å²) in [5, 5.41) is 0. The number of halogens is 1. The van der Waals surface area contributed by atoms with Gasteiger partial charge in [-0.3, -0.25) is 0 Å². The Hall–Kier alpha value is -1.03. The summed E-state index contributed by atoms with van der Waals surface area (Å²) in [5.74, 6) is -0.355. The van der Waals surface area contributed by atoms with Gasteiger partial charge in [0.1, 0.15) is 5.82 Å². The minimum atomic E-state index is -0.355. The first-order valence-corrected chi connectivity index (χ1v) is 3.88. The maximum Gasteiger partial charge on any atom is 0.324 e.